The van der Waals surface area contributed by atoms with Gasteiger partial charge in [-0.15, -0.1) is 0 Å². The van der Waals surface area contributed by atoms with Gasteiger partial charge in [0.25, 0.3) is 0 Å². The zero-order valence-electron chi connectivity index (χ0n) is 8.22. The van der Waals surface area contributed by atoms with Crippen molar-refractivity contribution in [2.24, 2.45) is 0 Å². The number of ether oxygens (including phenoxy) is 1. The predicted octanol–water partition coefficient (Wildman–Crippen LogP) is 0.402. The lowest BCUT2D eigenvalue weighted by Gasteiger charge is -1.97. The normalized spacial score (nSPS) is 9.93. The van der Waals surface area contributed by atoms with Gasteiger partial charge >= 0.3 is 18.1 Å². The van der Waals surface area contributed by atoms with Crippen LogP contribution in [-0.2, 0) is 14.3 Å². The minimum atomic E-state index is -5.08. The molecule has 0 aliphatic carbocycles. The first-order valence-electron chi connectivity index (χ1n) is 3.86. The summed E-state index contributed by atoms with van der Waals surface area (Å²) in [5.74, 6) is -2.96. The molecule has 0 saturated heterocycles. The molecule has 0 saturated carbocycles. The van der Waals surface area contributed by atoms with Crippen LogP contribution < -0.4 is 5.32 Å². The Labute approximate surface area is 84.2 Å². The van der Waals surface area contributed by atoms with Crippen LogP contribution in [0.5, 0.6) is 0 Å². The van der Waals surface area contributed by atoms with Gasteiger partial charge in [-0.05, 0) is 14.0 Å². The number of likely N-dealkylation sites (N-methyl/N-ethyl adjacent to an activating group) is 1. The molecule has 0 heterocycles. The summed E-state index contributed by atoms with van der Waals surface area (Å²) in [6.45, 7) is 2.54. The molecule has 0 unspecified atom stereocenters. The van der Waals surface area contributed by atoms with Crippen LogP contribution in [0.1, 0.15) is 6.92 Å². The predicted molar refractivity (Wildman–Crippen MR) is 44.3 cm³/mol. The molecule has 5 nitrogen and oxygen atoms in total. The van der Waals surface area contributed by atoms with E-state index in [0.29, 0.717) is 13.2 Å². The van der Waals surface area contributed by atoms with E-state index >= 15 is 0 Å². The monoisotopic (exact) mass is 231 g/mol. The Morgan fingerprint density at radius 2 is 1.80 bits per heavy atom. The van der Waals surface area contributed by atoms with Crippen molar-refractivity contribution in [2.75, 3.05) is 20.2 Å². The molecule has 0 aliphatic rings. The standard InChI is InChI=1S/C5H11NO2.C2HF3O2/c1-3-8-5(7)4-6-2;3-2(4,5)1(6)7/h6H,3-4H2,1-2H3;(H,6,7). The summed E-state index contributed by atoms with van der Waals surface area (Å²) in [6, 6.07) is 0. The average molecular weight is 231 g/mol. The van der Waals surface area contributed by atoms with E-state index in [2.05, 4.69) is 10.1 Å². The van der Waals surface area contributed by atoms with Crippen molar-refractivity contribution in [1.29, 1.82) is 0 Å². The Morgan fingerprint density at radius 1 is 1.40 bits per heavy atom. The van der Waals surface area contributed by atoms with Crippen LogP contribution in [0.3, 0.4) is 0 Å². The second kappa shape index (κ2) is 8.04. The maximum Gasteiger partial charge on any atom is 0.490 e. The number of carboxylic acids is 1. The van der Waals surface area contributed by atoms with Crippen LogP contribution >= 0.6 is 0 Å². The first kappa shape index (κ1) is 16.1. The zero-order valence-corrected chi connectivity index (χ0v) is 8.22. The van der Waals surface area contributed by atoms with E-state index in [1.807, 2.05) is 0 Å². The summed E-state index contributed by atoms with van der Waals surface area (Å²) in [6.07, 6.45) is -5.08. The molecule has 2 N–H and O–H groups in total. The summed E-state index contributed by atoms with van der Waals surface area (Å²) in [7, 11) is 1.71. The van der Waals surface area contributed by atoms with Crippen molar-refractivity contribution < 1.29 is 32.6 Å². The molecule has 0 aromatic rings. The number of halogens is 3. The summed E-state index contributed by atoms with van der Waals surface area (Å²) in [5.41, 5.74) is 0. The smallest absolute Gasteiger partial charge is 0.475 e. The highest BCUT2D eigenvalue weighted by Gasteiger charge is 2.38. The fourth-order valence-corrected chi connectivity index (χ4v) is 0.356. The second-order valence-electron chi connectivity index (χ2n) is 2.14. The molecule has 0 aromatic heterocycles. The number of hydrogen-bond acceptors (Lipinski definition) is 4. The Hall–Kier alpha value is -1.31. The quantitative estimate of drug-likeness (QED) is 0.688. The fraction of sp³-hybridized carbons (Fsp3) is 0.714. The molecule has 0 aliphatic heterocycles. The van der Waals surface area contributed by atoms with Crippen molar-refractivity contribution in [3.8, 4) is 0 Å². The van der Waals surface area contributed by atoms with E-state index in [4.69, 9.17) is 9.90 Å². The van der Waals surface area contributed by atoms with Crippen molar-refractivity contribution in [3.05, 3.63) is 0 Å². The zero-order chi connectivity index (χ0) is 12.5. The van der Waals surface area contributed by atoms with Gasteiger partial charge in [-0.25, -0.2) is 4.79 Å². The first-order chi connectivity index (χ1) is 6.75. The number of carboxylic acid groups (broad SMARTS) is 1. The van der Waals surface area contributed by atoms with Crippen LogP contribution in [0.4, 0.5) is 13.2 Å². The number of aliphatic carboxylic acids is 1. The third-order valence-corrected chi connectivity index (χ3v) is 0.869. The molecule has 8 heteroatoms. The van der Waals surface area contributed by atoms with Gasteiger partial charge in [-0.1, -0.05) is 0 Å². The topological polar surface area (TPSA) is 75.6 Å². The second-order valence-corrected chi connectivity index (χ2v) is 2.14. The fourth-order valence-electron chi connectivity index (χ4n) is 0.356. The average Bonchev–Trinajstić information content (AvgIpc) is 2.04. The molecule has 0 atom stereocenters. The van der Waals surface area contributed by atoms with Crippen LogP contribution in [0.15, 0.2) is 0 Å². The van der Waals surface area contributed by atoms with E-state index in [-0.39, 0.29) is 5.97 Å². The minimum Gasteiger partial charge on any atom is -0.475 e. The lowest BCUT2D eigenvalue weighted by molar-refractivity contribution is -0.192. The Morgan fingerprint density at radius 3 is 2.00 bits per heavy atom. The number of hydrogen-bond donors (Lipinski definition) is 2. The highest BCUT2D eigenvalue weighted by molar-refractivity contribution is 5.73. The van der Waals surface area contributed by atoms with Crippen molar-refractivity contribution in [2.45, 2.75) is 13.1 Å². The van der Waals surface area contributed by atoms with Gasteiger partial charge in [0, 0.05) is 0 Å². The summed E-state index contributed by atoms with van der Waals surface area (Å²) in [5, 5.41) is 9.80. The van der Waals surface area contributed by atoms with Crippen molar-refractivity contribution in [1.82, 2.24) is 5.32 Å². The number of esters is 1. The van der Waals surface area contributed by atoms with Gasteiger partial charge < -0.3 is 15.2 Å². The minimum absolute atomic E-state index is 0.199. The van der Waals surface area contributed by atoms with E-state index in [1.165, 1.54) is 0 Å². The summed E-state index contributed by atoms with van der Waals surface area (Å²) >= 11 is 0. The van der Waals surface area contributed by atoms with Gasteiger partial charge in [0.1, 0.15) is 0 Å². The molecule has 90 valence electrons. The molecular weight excluding hydrogens is 219 g/mol. The molecule has 15 heavy (non-hydrogen) atoms. The number of nitrogens with one attached hydrogen (secondary N) is 1. The van der Waals surface area contributed by atoms with Crippen LogP contribution in [0, 0.1) is 0 Å². The molecule has 0 bridgehead atoms. The third kappa shape index (κ3) is 12.7. The van der Waals surface area contributed by atoms with E-state index in [0.717, 1.165) is 0 Å². The highest BCUT2D eigenvalue weighted by atomic mass is 19.4. The largest absolute Gasteiger partial charge is 0.490 e. The lowest BCUT2D eigenvalue weighted by Crippen LogP contribution is -2.21. The van der Waals surface area contributed by atoms with E-state index in [1.54, 1.807) is 14.0 Å². The molecule has 0 aromatic carbocycles. The maximum atomic E-state index is 10.6. The molecule has 0 fully saturated rings. The van der Waals surface area contributed by atoms with Crippen molar-refractivity contribution >= 4 is 11.9 Å². The van der Waals surface area contributed by atoms with Crippen molar-refractivity contribution in [3.63, 3.8) is 0 Å². The van der Waals surface area contributed by atoms with Crippen LogP contribution in [-0.4, -0.2) is 43.4 Å². The number of alkyl halides is 3. The summed E-state index contributed by atoms with van der Waals surface area (Å²) in [4.78, 5) is 19.3. The Bertz CT molecular complexity index is 197. The molecule has 0 spiro atoms. The molecular formula is C7H12F3NO4. The number of rotatable bonds is 3. The van der Waals surface area contributed by atoms with E-state index in [9.17, 15) is 18.0 Å². The van der Waals surface area contributed by atoms with Crippen LogP contribution in [0.2, 0.25) is 0 Å². The lowest BCUT2D eigenvalue weighted by atomic mass is 10.6. The van der Waals surface area contributed by atoms with Gasteiger partial charge in [-0.2, -0.15) is 13.2 Å². The van der Waals surface area contributed by atoms with Gasteiger partial charge in [0.15, 0.2) is 0 Å². The highest BCUT2D eigenvalue weighted by Crippen LogP contribution is 2.13. The van der Waals surface area contributed by atoms with Gasteiger partial charge in [0.2, 0.25) is 0 Å². The summed E-state index contributed by atoms with van der Waals surface area (Å²) < 4.78 is 36.3. The van der Waals surface area contributed by atoms with Gasteiger partial charge in [0.05, 0.1) is 13.2 Å². The molecule has 0 rings (SSSR count). The Kier molecular flexibility index (Phi) is 8.64. The Balaban J connectivity index is 0. The number of carbonyl (C=O) groups is 2. The van der Waals surface area contributed by atoms with E-state index < -0.39 is 12.1 Å². The first-order valence-corrected chi connectivity index (χ1v) is 3.86. The van der Waals surface area contributed by atoms with Gasteiger partial charge in [-0.3, -0.25) is 4.79 Å². The maximum absolute atomic E-state index is 10.6. The number of carbonyl (C=O) groups excluding carboxylic acids is 1. The molecule has 0 radical (unpaired) electrons. The van der Waals surface area contributed by atoms with Crippen LogP contribution in [0.25, 0.3) is 0 Å². The third-order valence-electron chi connectivity index (χ3n) is 0.869. The SMILES string of the molecule is CCOC(=O)CNC.O=C(O)C(F)(F)F. The molecule has 0 amide bonds.